The van der Waals surface area contributed by atoms with Crippen LogP contribution in [0.2, 0.25) is 5.15 Å². The molecule has 0 bridgehead atoms. The van der Waals surface area contributed by atoms with Gasteiger partial charge >= 0.3 is 5.97 Å². The number of esters is 1. The Balaban J connectivity index is 1.38. The first kappa shape index (κ1) is 26.9. The fraction of sp³-hybridized carbons (Fsp3) is 0.370. The highest BCUT2D eigenvalue weighted by Gasteiger charge is 2.63. The van der Waals surface area contributed by atoms with Crippen LogP contribution in [0.4, 0.5) is 5.69 Å². The SMILES string of the molecule is CC1(C)C(COC(=O)c2ccc([N+](=O)[O-])cc2)=CC=C(n2ccc3c(Cl)ncnc32)C1(Cl)[C@@H]1OC[C@H]2OCO[C@@H]12. The van der Waals surface area contributed by atoms with Gasteiger partial charge in [-0.25, -0.2) is 14.8 Å². The highest BCUT2D eigenvalue weighted by Crippen LogP contribution is 2.57. The zero-order valence-electron chi connectivity index (χ0n) is 21.5. The predicted octanol–water partition coefficient (Wildman–Crippen LogP) is 4.77. The lowest BCUT2D eigenvalue weighted by atomic mass is 9.65. The van der Waals surface area contributed by atoms with E-state index in [-0.39, 0.29) is 30.8 Å². The molecule has 0 spiro atoms. The molecular weight excluding hydrogens is 563 g/mol. The Labute approximate surface area is 238 Å². The summed E-state index contributed by atoms with van der Waals surface area (Å²) < 4.78 is 25.4. The Bertz CT molecular complexity index is 1570. The fourth-order valence-corrected chi connectivity index (χ4v) is 6.23. The quantitative estimate of drug-likeness (QED) is 0.132. The molecule has 1 aliphatic carbocycles. The molecule has 1 aromatic carbocycles. The number of carbonyl (C=O) groups excluding carboxylic acids is 1. The lowest BCUT2D eigenvalue weighted by Crippen LogP contribution is -2.57. The molecule has 6 rings (SSSR count). The summed E-state index contributed by atoms with van der Waals surface area (Å²) in [7, 11) is 0. The van der Waals surface area contributed by atoms with Crippen LogP contribution in [-0.4, -0.2) is 68.6 Å². The van der Waals surface area contributed by atoms with Gasteiger partial charge in [-0.15, -0.1) is 11.6 Å². The van der Waals surface area contributed by atoms with Crippen LogP contribution in [0.3, 0.4) is 0 Å². The molecule has 2 aromatic heterocycles. The molecular formula is C27H24Cl2N4O7. The molecule has 40 heavy (non-hydrogen) atoms. The largest absolute Gasteiger partial charge is 0.458 e. The number of alkyl halides is 1. The number of halogens is 2. The monoisotopic (exact) mass is 586 g/mol. The number of fused-ring (bicyclic) bond motifs is 2. The first-order chi connectivity index (χ1) is 19.1. The number of nitrogens with zero attached hydrogens (tertiary/aromatic N) is 4. The predicted molar refractivity (Wildman–Crippen MR) is 145 cm³/mol. The van der Waals surface area contributed by atoms with E-state index in [4.69, 9.17) is 42.1 Å². The molecule has 4 atom stereocenters. The fourth-order valence-electron chi connectivity index (χ4n) is 5.58. The van der Waals surface area contributed by atoms with Gasteiger partial charge in [0.2, 0.25) is 0 Å². The minimum absolute atomic E-state index is 0.0698. The first-order valence-electron chi connectivity index (χ1n) is 12.5. The summed E-state index contributed by atoms with van der Waals surface area (Å²) >= 11 is 14.1. The van der Waals surface area contributed by atoms with Crippen LogP contribution in [-0.2, 0) is 18.9 Å². The van der Waals surface area contributed by atoms with Gasteiger partial charge in [-0.3, -0.25) is 10.1 Å². The molecule has 0 saturated carbocycles. The molecule has 0 amide bonds. The van der Waals surface area contributed by atoms with Crippen LogP contribution < -0.4 is 0 Å². The first-order valence-corrected chi connectivity index (χ1v) is 13.2. The lowest BCUT2D eigenvalue weighted by Gasteiger charge is -2.50. The Kier molecular flexibility index (Phi) is 6.67. The number of hydrogen-bond acceptors (Lipinski definition) is 9. The molecule has 0 radical (unpaired) electrons. The van der Waals surface area contributed by atoms with Gasteiger partial charge in [-0.05, 0) is 29.8 Å². The van der Waals surface area contributed by atoms with Crippen LogP contribution in [0.5, 0.6) is 0 Å². The maximum absolute atomic E-state index is 12.8. The Hall–Kier alpha value is -3.35. The Morgan fingerprint density at radius 2 is 1.95 bits per heavy atom. The molecule has 2 fully saturated rings. The summed E-state index contributed by atoms with van der Waals surface area (Å²) in [6.45, 7) is 4.31. The number of rotatable bonds is 6. The minimum Gasteiger partial charge on any atom is -0.458 e. The molecule has 0 N–H and O–H groups in total. The van der Waals surface area contributed by atoms with E-state index >= 15 is 0 Å². The van der Waals surface area contributed by atoms with Crippen molar-refractivity contribution in [3.8, 4) is 0 Å². The number of hydrogen-bond donors (Lipinski definition) is 0. The van der Waals surface area contributed by atoms with Crippen molar-refractivity contribution in [3.05, 3.63) is 81.4 Å². The molecule has 4 heterocycles. The molecule has 3 aromatic rings. The van der Waals surface area contributed by atoms with Crippen molar-refractivity contribution in [3.63, 3.8) is 0 Å². The molecule has 1 unspecified atom stereocenters. The van der Waals surface area contributed by atoms with Crippen LogP contribution in [0.25, 0.3) is 16.7 Å². The van der Waals surface area contributed by atoms with E-state index in [1.54, 1.807) is 0 Å². The van der Waals surface area contributed by atoms with Gasteiger partial charge in [0.25, 0.3) is 5.69 Å². The van der Waals surface area contributed by atoms with E-state index in [2.05, 4.69) is 9.97 Å². The normalized spacial score (nSPS) is 27.2. The van der Waals surface area contributed by atoms with Gasteiger partial charge in [0, 0.05) is 29.4 Å². The van der Waals surface area contributed by atoms with E-state index in [9.17, 15) is 14.9 Å². The third kappa shape index (κ3) is 4.11. The number of carbonyl (C=O) groups is 1. The van der Waals surface area contributed by atoms with Crippen molar-refractivity contribution in [2.75, 3.05) is 20.0 Å². The van der Waals surface area contributed by atoms with E-state index in [1.165, 1.54) is 30.6 Å². The average Bonchev–Trinajstić information content (AvgIpc) is 3.66. The zero-order valence-corrected chi connectivity index (χ0v) is 23.0. The molecule has 3 aliphatic rings. The van der Waals surface area contributed by atoms with Crippen molar-refractivity contribution in [2.24, 2.45) is 5.41 Å². The topological polar surface area (TPSA) is 128 Å². The number of benzene rings is 1. The summed E-state index contributed by atoms with van der Waals surface area (Å²) in [5, 5.41) is 11.9. The van der Waals surface area contributed by atoms with Crippen LogP contribution in [0, 0.1) is 15.5 Å². The van der Waals surface area contributed by atoms with Gasteiger partial charge in [-0.1, -0.05) is 31.5 Å². The highest BCUT2D eigenvalue weighted by atomic mass is 35.5. The van der Waals surface area contributed by atoms with E-state index in [1.807, 2.05) is 42.8 Å². The van der Waals surface area contributed by atoms with Gasteiger partial charge in [0.15, 0.2) is 0 Å². The second-order valence-corrected chi connectivity index (χ2v) is 11.2. The van der Waals surface area contributed by atoms with Crippen molar-refractivity contribution in [1.82, 2.24) is 14.5 Å². The van der Waals surface area contributed by atoms with Crippen LogP contribution >= 0.6 is 23.2 Å². The second kappa shape index (κ2) is 9.93. The van der Waals surface area contributed by atoms with Crippen molar-refractivity contribution >= 4 is 51.6 Å². The lowest BCUT2D eigenvalue weighted by molar-refractivity contribution is -0.384. The van der Waals surface area contributed by atoms with Crippen molar-refractivity contribution < 1.29 is 28.7 Å². The minimum atomic E-state index is -1.23. The second-order valence-electron chi connectivity index (χ2n) is 10.3. The van der Waals surface area contributed by atoms with Crippen LogP contribution in [0.15, 0.2) is 60.6 Å². The molecule has 13 heteroatoms. The maximum Gasteiger partial charge on any atom is 0.338 e. The number of non-ortho nitro benzene ring substituents is 1. The summed E-state index contributed by atoms with van der Waals surface area (Å²) in [6.07, 6.45) is 5.65. The Morgan fingerprint density at radius 1 is 1.18 bits per heavy atom. The molecule has 208 valence electrons. The summed E-state index contributed by atoms with van der Waals surface area (Å²) in [4.78, 5) is 30.5. The van der Waals surface area contributed by atoms with Crippen molar-refractivity contribution in [2.45, 2.75) is 37.0 Å². The van der Waals surface area contributed by atoms with Gasteiger partial charge in [0.05, 0.1) is 22.5 Å². The third-order valence-electron chi connectivity index (χ3n) is 7.93. The summed E-state index contributed by atoms with van der Waals surface area (Å²) in [6, 6.07) is 7.06. The standard InChI is InChI=1S/C27H24Cl2N4O7/c1-26(2)16(11-38-25(34)15-3-6-17(7-4-15)33(35)36)5-8-20(32-10-9-18-23(28)30-13-31-24(18)32)27(26,29)22-21-19(12-37-22)39-14-40-21/h3-10,13,19,21-22H,11-12,14H2,1-2H3/t19-,21-,22-,27?/m1/s1. The number of allylic oxidation sites excluding steroid dienone is 2. The number of nitro benzene ring substituents is 1. The smallest absolute Gasteiger partial charge is 0.338 e. The van der Waals surface area contributed by atoms with Crippen molar-refractivity contribution in [1.29, 1.82) is 0 Å². The summed E-state index contributed by atoms with van der Waals surface area (Å²) in [5.41, 5.74) is 1.22. The number of ether oxygens (including phenoxy) is 4. The highest BCUT2D eigenvalue weighted by molar-refractivity contribution is 6.34. The van der Waals surface area contributed by atoms with E-state index in [0.29, 0.717) is 28.5 Å². The van der Waals surface area contributed by atoms with Crippen LogP contribution in [0.1, 0.15) is 24.2 Å². The zero-order chi connectivity index (χ0) is 28.2. The number of nitro groups is 1. The van der Waals surface area contributed by atoms with Gasteiger partial charge < -0.3 is 23.5 Å². The number of aromatic nitrogens is 3. The molecule has 11 nitrogen and oxygen atoms in total. The summed E-state index contributed by atoms with van der Waals surface area (Å²) in [5.74, 6) is -0.617. The maximum atomic E-state index is 12.8. The van der Waals surface area contributed by atoms with E-state index < -0.39 is 33.4 Å². The average molecular weight is 587 g/mol. The van der Waals surface area contributed by atoms with Gasteiger partial charge in [0.1, 0.15) is 53.7 Å². The van der Waals surface area contributed by atoms with Gasteiger partial charge in [-0.2, -0.15) is 0 Å². The molecule has 2 aliphatic heterocycles. The third-order valence-corrected chi connectivity index (χ3v) is 9.11. The molecule has 2 saturated heterocycles. The van der Waals surface area contributed by atoms with E-state index in [0.717, 1.165) is 5.57 Å². The Morgan fingerprint density at radius 3 is 2.70 bits per heavy atom.